The van der Waals surface area contributed by atoms with Crippen molar-refractivity contribution >= 4 is 11.9 Å². The predicted molar refractivity (Wildman–Crippen MR) is 87.4 cm³/mol. The van der Waals surface area contributed by atoms with Crippen LogP contribution < -0.4 is 15.4 Å². The molecule has 0 bridgehead atoms. The average molecular weight is 327 g/mol. The number of ether oxygens (including phenoxy) is 1. The fraction of sp³-hybridized carbons (Fsp3) is 0.267. The molecule has 124 valence electrons. The maximum Gasteiger partial charge on any atom is 0.230 e. The Hall–Kier alpha value is -3.23. The van der Waals surface area contributed by atoms with Crippen LogP contribution >= 0.6 is 0 Å². The summed E-state index contributed by atoms with van der Waals surface area (Å²) in [7, 11) is 3.66. The van der Waals surface area contributed by atoms with E-state index < -0.39 is 0 Å². The third-order valence-electron chi connectivity index (χ3n) is 3.10. The average Bonchev–Trinajstić information content (AvgIpc) is 2.99. The topological polar surface area (TPSA) is 116 Å². The van der Waals surface area contributed by atoms with Crippen LogP contribution in [0.25, 0.3) is 11.4 Å². The van der Waals surface area contributed by atoms with Gasteiger partial charge in [-0.2, -0.15) is 19.9 Å². The van der Waals surface area contributed by atoms with Gasteiger partial charge in [-0.05, 0) is 24.3 Å². The van der Waals surface area contributed by atoms with Gasteiger partial charge in [-0.25, -0.2) is 0 Å². The Bertz CT molecular complexity index is 830. The Morgan fingerprint density at radius 2 is 1.83 bits per heavy atom. The summed E-state index contributed by atoms with van der Waals surface area (Å²) in [6.45, 7) is 1.94. The quantitative estimate of drug-likeness (QED) is 0.743. The van der Waals surface area contributed by atoms with Gasteiger partial charge in [0.05, 0.1) is 0 Å². The highest BCUT2D eigenvalue weighted by Crippen LogP contribution is 2.20. The molecule has 3 rings (SSSR count). The van der Waals surface area contributed by atoms with Crippen molar-refractivity contribution in [1.29, 1.82) is 0 Å². The van der Waals surface area contributed by atoms with E-state index in [0.29, 0.717) is 29.2 Å². The van der Waals surface area contributed by atoms with Crippen molar-refractivity contribution in [1.82, 2.24) is 25.1 Å². The molecule has 1 aromatic carbocycles. The van der Waals surface area contributed by atoms with Crippen LogP contribution in [0.3, 0.4) is 0 Å². The zero-order valence-corrected chi connectivity index (χ0v) is 13.6. The molecule has 0 atom stereocenters. The Kier molecular flexibility index (Phi) is 4.23. The van der Waals surface area contributed by atoms with E-state index in [2.05, 4.69) is 25.1 Å². The van der Waals surface area contributed by atoms with Crippen LogP contribution in [-0.4, -0.2) is 39.2 Å². The van der Waals surface area contributed by atoms with E-state index in [1.807, 2.05) is 38.4 Å². The highest BCUT2D eigenvalue weighted by atomic mass is 16.5. The number of hydrogen-bond donors (Lipinski definition) is 1. The fourth-order valence-corrected chi connectivity index (χ4v) is 1.95. The van der Waals surface area contributed by atoms with Crippen LogP contribution in [0.1, 0.15) is 11.7 Å². The number of aryl methyl sites for hydroxylation is 1. The number of nitrogen functional groups attached to an aromatic ring is 1. The molecule has 0 saturated heterocycles. The second kappa shape index (κ2) is 6.49. The van der Waals surface area contributed by atoms with Gasteiger partial charge in [0.1, 0.15) is 12.4 Å². The van der Waals surface area contributed by atoms with E-state index >= 15 is 0 Å². The molecule has 3 aromatic rings. The molecular weight excluding hydrogens is 310 g/mol. The lowest BCUT2D eigenvalue weighted by atomic mass is 10.2. The lowest BCUT2D eigenvalue weighted by Crippen LogP contribution is -2.16. The molecule has 9 heteroatoms. The van der Waals surface area contributed by atoms with Crippen molar-refractivity contribution in [2.24, 2.45) is 0 Å². The third kappa shape index (κ3) is 3.57. The summed E-state index contributed by atoms with van der Waals surface area (Å²) in [5, 5.41) is 3.87. The Labute approximate surface area is 138 Å². The van der Waals surface area contributed by atoms with E-state index in [1.54, 1.807) is 11.8 Å². The van der Waals surface area contributed by atoms with Gasteiger partial charge >= 0.3 is 0 Å². The maximum absolute atomic E-state index is 5.69. The lowest BCUT2D eigenvalue weighted by Gasteiger charge is -2.12. The smallest absolute Gasteiger partial charge is 0.230 e. The van der Waals surface area contributed by atoms with Gasteiger partial charge in [0.2, 0.25) is 23.6 Å². The maximum atomic E-state index is 5.69. The number of nitrogens with two attached hydrogens (primary N) is 1. The van der Waals surface area contributed by atoms with Crippen molar-refractivity contribution in [3.63, 3.8) is 0 Å². The Balaban J connectivity index is 1.69. The van der Waals surface area contributed by atoms with Gasteiger partial charge in [0.25, 0.3) is 0 Å². The molecule has 0 saturated carbocycles. The van der Waals surface area contributed by atoms with E-state index in [4.69, 9.17) is 15.0 Å². The summed E-state index contributed by atoms with van der Waals surface area (Å²) in [5.41, 5.74) is 6.53. The summed E-state index contributed by atoms with van der Waals surface area (Å²) >= 11 is 0. The molecule has 0 aliphatic rings. The molecule has 0 aliphatic carbocycles. The second-order valence-corrected chi connectivity index (χ2v) is 5.25. The lowest BCUT2D eigenvalue weighted by molar-refractivity contribution is 0.295. The Morgan fingerprint density at radius 1 is 1.08 bits per heavy atom. The number of hydrogen-bond acceptors (Lipinski definition) is 9. The molecule has 0 aliphatic heterocycles. The molecule has 0 fully saturated rings. The molecule has 0 amide bonds. The summed E-state index contributed by atoms with van der Waals surface area (Å²) in [5.74, 6) is 2.85. The van der Waals surface area contributed by atoms with Crippen molar-refractivity contribution in [2.45, 2.75) is 13.5 Å². The third-order valence-corrected chi connectivity index (χ3v) is 3.10. The first-order chi connectivity index (χ1) is 11.5. The first-order valence-electron chi connectivity index (χ1n) is 7.22. The van der Waals surface area contributed by atoms with Crippen LogP contribution in [0, 0.1) is 6.92 Å². The zero-order chi connectivity index (χ0) is 17.1. The molecule has 2 aromatic heterocycles. The van der Waals surface area contributed by atoms with Gasteiger partial charge < -0.3 is 19.9 Å². The molecule has 0 spiro atoms. The number of anilines is 2. The van der Waals surface area contributed by atoms with Crippen LogP contribution in [0.15, 0.2) is 28.8 Å². The van der Waals surface area contributed by atoms with Crippen molar-refractivity contribution < 1.29 is 9.26 Å². The van der Waals surface area contributed by atoms with E-state index in [9.17, 15) is 0 Å². The van der Waals surface area contributed by atoms with Gasteiger partial charge in [-0.3, -0.25) is 0 Å². The van der Waals surface area contributed by atoms with Gasteiger partial charge in [0, 0.05) is 26.6 Å². The highest BCUT2D eigenvalue weighted by Gasteiger charge is 2.08. The number of nitrogens with zero attached hydrogens (tertiary/aromatic N) is 6. The molecule has 0 unspecified atom stereocenters. The van der Waals surface area contributed by atoms with E-state index in [0.717, 1.165) is 5.56 Å². The molecule has 2 N–H and O–H groups in total. The van der Waals surface area contributed by atoms with Crippen molar-refractivity contribution in [2.75, 3.05) is 24.7 Å². The minimum absolute atomic E-state index is 0.162. The Morgan fingerprint density at radius 3 is 2.46 bits per heavy atom. The van der Waals surface area contributed by atoms with Gasteiger partial charge in [-0.15, -0.1) is 0 Å². The van der Waals surface area contributed by atoms with E-state index in [1.165, 1.54) is 0 Å². The SMILES string of the molecule is Cc1nc(-c2ccc(OCc3nc(N)nc(N(C)C)n3)cc2)no1. The molecule has 9 nitrogen and oxygen atoms in total. The minimum Gasteiger partial charge on any atom is -0.486 e. The predicted octanol–water partition coefficient (Wildman–Crippen LogP) is 1.46. The summed E-state index contributed by atoms with van der Waals surface area (Å²) in [6.07, 6.45) is 0. The summed E-state index contributed by atoms with van der Waals surface area (Å²) in [6, 6.07) is 7.34. The van der Waals surface area contributed by atoms with Crippen LogP contribution in [0.2, 0.25) is 0 Å². The van der Waals surface area contributed by atoms with Gasteiger partial charge in [0.15, 0.2) is 5.82 Å². The standard InChI is InChI=1S/C15H17N7O2/c1-9-17-13(21-24-9)10-4-6-11(7-5-10)23-8-12-18-14(16)20-15(19-12)22(2)3/h4-7H,8H2,1-3H3,(H2,16,18,19,20). The molecule has 2 heterocycles. The molecule has 0 radical (unpaired) electrons. The molecular formula is C15H17N7O2. The van der Waals surface area contributed by atoms with Crippen molar-refractivity contribution in [3.05, 3.63) is 36.0 Å². The number of aromatic nitrogens is 5. The summed E-state index contributed by atoms with van der Waals surface area (Å²) < 4.78 is 10.7. The van der Waals surface area contributed by atoms with Gasteiger partial charge in [-0.1, -0.05) is 5.16 Å². The number of benzene rings is 1. The highest BCUT2D eigenvalue weighted by molar-refractivity contribution is 5.55. The first kappa shape index (κ1) is 15.7. The van der Waals surface area contributed by atoms with Crippen molar-refractivity contribution in [3.8, 4) is 17.1 Å². The molecule has 24 heavy (non-hydrogen) atoms. The van der Waals surface area contributed by atoms with Crippen LogP contribution in [-0.2, 0) is 6.61 Å². The zero-order valence-electron chi connectivity index (χ0n) is 13.6. The monoisotopic (exact) mass is 327 g/mol. The largest absolute Gasteiger partial charge is 0.486 e. The summed E-state index contributed by atoms with van der Waals surface area (Å²) in [4.78, 5) is 18.3. The van der Waals surface area contributed by atoms with E-state index in [-0.39, 0.29) is 12.6 Å². The second-order valence-electron chi connectivity index (χ2n) is 5.25. The van der Waals surface area contributed by atoms with Crippen LogP contribution in [0.4, 0.5) is 11.9 Å². The first-order valence-corrected chi connectivity index (χ1v) is 7.22. The normalized spacial score (nSPS) is 10.6. The van der Waals surface area contributed by atoms with Crippen LogP contribution in [0.5, 0.6) is 5.75 Å². The fourth-order valence-electron chi connectivity index (χ4n) is 1.95. The minimum atomic E-state index is 0.162. The number of rotatable bonds is 5.